The zero-order valence-electron chi connectivity index (χ0n) is 9.10. The van der Waals surface area contributed by atoms with E-state index in [0.717, 1.165) is 17.3 Å². The number of aryl methyl sites for hydroxylation is 2. The predicted octanol–water partition coefficient (Wildman–Crippen LogP) is 0.469. The summed E-state index contributed by atoms with van der Waals surface area (Å²) in [5, 5.41) is 15.3. The van der Waals surface area contributed by atoms with Gasteiger partial charge in [-0.05, 0) is 6.92 Å². The van der Waals surface area contributed by atoms with Gasteiger partial charge in [-0.15, -0.1) is 10.2 Å². The van der Waals surface area contributed by atoms with Crippen LogP contribution in [0.4, 0.5) is 5.69 Å². The van der Waals surface area contributed by atoms with Crippen molar-refractivity contribution in [3.05, 3.63) is 24.0 Å². The van der Waals surface area contributed by atoms with Crippen molar-refractivity contribution < 1.29 is 0 Å². The Morgan fingerprint density at radius 2 is 2.13 bits per heavy atom. The van der Waals surface area contributed by atoms with Crippen molar-refractivity contribution in [3.8, 4) is 0 Å². The van der Waals surface area contributed by atoms with Gasteiger partial charge >= 0.3 is 0 Å². The van der Waals surface area contributed by atoms with E-state index in [-0.39, 0.29) is 0 Å². The molecule has 2 aromatic rings. The van der Waals surface area contributed by atoms with Crippen molar-refractivity contribution >= 4 is 5.69 Å². The third-order valence-corrected chi connectivity index (χ3v) is 2.34. The summed E-state index contributed by atoms with van der Waals surface area (Å²) in [6.45, 7) is 2.59. The van der Waals surface area contributed by atoms with Crippen molar-refractivity contribution in [3.63, 3.8) is 0 Å². The highest BCUT2D eigenvalue weighted by molar-refractivity contribution is 5.37. The van der Waals surface area contributed by atoms with Gasteiger partial charge in [0.15, 0.2) is 5.82 Å². The fourth-order valence-electron chi connectivity index (χ4n) is 1.30. The number of hydrogen-bond donors (Lipinski definition) is 1. The monoisotopic (exact) mass is 206 g/mol. The summed E-state index contributed by atoms with van der Waals surface area (Å²) in [4.78, 5) is 0. The van der Waals surface area contributed by atoms with Gasteiger partial charge in [0.05, 0.1) is 18.4 Å². The highest BCUT2D eigenvalue weighted by atomic mass is 15.3. The van der Waals surface area contributed by atoms with Crippen molar-refractivity contribution in [1.29, 1.82) is 0 Å². The van der Waals surface area contributed by atoms with Crippen LogP contribution in [0.1, 0.15) is 11.6 Å². The number of hydrogen-bond acceptors (Lipinski definition) is 4. The van der Waals surface area contributed by atoms with E-state index in [1.807, 2.05) is 31.8 Å². The molecule has 0 bridgehead atoms. The van der Waals surface area contributed by atoms with E-state index in [4.69, 9.17) is 0 Å². The Bertz CT molecular complexity index is 455. The SMILES string of the molecule is Cc1nnc(CNc2cnn(C)c2)n1C. The smallest absolute Gasteiger partial charge is 0.152 e. The van der Waals surface area contributed by atoms with Crippen molar-refractivity contribution in [2.75, 3.05) is 5.32 Å². The van der Waals surface area contributed by atoms with Crippen LogP contribution in [0, 0.1) is 6.92 Å². The van der Waals surface area contributed by atoms with Crippen LogP contribution in [0.15, 0.2) is 12.4 Å². The number of anilines is 1. The molecule has 0 radical (unpaired) electrons. The maximum absolute atomic E-state index is 4.07. The third-order valence-electron chi connectivity index (χ3n) is 2.34. The highest BCUT2D eigenvalue weighted by Crippen LogP contribution is 2.06. The van der Waals surface area contributed by atoms with E-state index < -0.39 is 0 Å². The lowest BCUT2D eigenvalue weighted by Crippen LogP contribution is -2.06. The maximum atomic E-state index is 4.07. The molecule has 0 aliphatic carbocycles. The van der Waals surface area contributed by atoms with Crippen LogP contribution in [-0.4, -0.2) is 24.5 Å². The topological polar surface area (TPSA) is 60.6 Å². The molecule has 0 spiro atoms. The Balaban J connectivity index is 2.02. The van der Waals surface area contributed by atoms with Crippen molar-refractivity contribution in [2.24, 2.45) is 14.1 Å². The predicted molar refractivity (Wildman–Crippen MR) is 56.3 cm³/mol. The summed E-state index contributed by atoms with van der Waals surface area (Å²) in [5.41, 5.74) is 0.984. The van der Waals surface area contributed by atoms with E-state index >= 15 is 0 Å². The molecule has 0 unspecified atom stereocenters. The zero-order valence-corrected chi connectivity index (χ0v) is 9.10. The van der Waals surface area contributed by atoms with E-state index in [1.165, 1.54) is 0 Å². The molecule has 6 heteroatoms. The second kappa shape index (κ2) is 3.72. The van der Waals surface area contributed by atoms with Crippen LogP contribution in [0.2, 0.25) is 0 Å². The van der Waals surface area contributed by atoms with Crippen LogP contribution < -0.4 is 5.32 Å². The molecule has 2 aromatic heterocycles. The number of nitrogens with zero attached hydrogens (tertiary/aromatic N) is 5. The Hall–Kier alpha value is -1.85. The molecular formula is C9H14N6. The summed E-state index contributed by atoms with van der Waals surface area (Å²) < 4.78 is 3.72. The molecule has 0 saturated heterocycles. The van der Waals surface area contributed by atoms with Gasteiger partial charge in [0.25, 0.3) is 0 Å². The molecular weight excluding hydrogens is 192 g/mol. The first-order chi connectivity index (χ1) is 7.16. The summed E-state index contributed by atoms with van der Waals surface area (Å²) in [6.07, 6.45) is 3.70. The van der Waals surface area contributed by atoms with Crippen LogP contribution >= 0.6 is 0 Å². The molecule has 6 nitrogen and oxygen atoms in total. The second-order valence-electron chi connectivity index (χ2n) is 3.48. The number of rotatable bonds is 3. The van der Waals surface area contributed by atoms with Gasteiger partial charge in [0.1, 0.15) is 5.82 Å². The van der Waals surface area contributed by atoms with Crippen LogP contribution in [-0.2, 0) is 20.6 Å². The lowest BCUT2D eigenvalue weighted by atomic mass is 10.5. The Labute approximate surface area is 87.9 Å². The maximum Gasteiger partial charge on any atom is 0.152 e. The molecule has 0 saturated carbocycles. The first-order valence-electron chi connectivity index (χ1n) is 4.74. The van der Waals surface area contributed by atoms with Gasteiger partial charge in [0.2, 0.25) is 0 Å². The average molecular weight is 206 g/mol. The molecule has 1 N–H and O–H groups in total. The fourth-order valence-corrected chi connectivity index (χ4v) is 1.30. The summed E-state index contributed by atoms with van der Waals surface area (Å²) >= 11 is 0. The summed E-state index contributed by atoms with van der Waals surface area (Å²) in [6, 6.07) is 0. The minimum atomic E-state index is 0.656. The van der Waals surface area contributed by atoms with Gasteiger partial charge < -0.3 is 9.88 Å². The lowest BCUT2D eigenvalue weighted by molar-refractivity contribution is 0.767. The molecule has 0 aromatic carbocycles. The molecule has 0 aliphatic rings. The zero-order chi connectivity index (χ0) is 10.8. The molecule has 0 atom stereocenters. The van der Waals surface area contributed by atoms with Gasteiger partial charge in [-0.3, -0.25) is 4.68 Å². The quantitative estimate of drug-likeness (QED) is 0.793. The molecule has 15 heavy (non-hydrogen) atoms. The largest absolute Gasteiger partial charge is 0.375 e. The minimum absolute atomic E-state index is 0.656. The van der Waals surface area contributed by atoms with E-state index in [2.05, 4.69) is 20.6 Å². The number of nitrogens with one attached hydrogen (secondary N) is 1. The Kier molecular flexibility index (Phi) is 2.40. The van der Waals surface area contributed by atoms with E-state index in [1.54, 1.807) is 10.9 Å². The summed E-state index contributed by atoms with van der Waals surface area (Å²) in [7, 11) is 3.84. The van der Waals surface area contributed by atoms with E-state index in [9.17, 15) is 0 Å². The van der Waals surface area contributed by atoms with Crippen LogP contribution in [0.5, 0.6) is 0 Å². The van der Waals surface area contributed by atoms with Gasteiger partial charge in [-0.1, -0.05) is 0 Å². The Morgan fingerprint density at radius 3 is 2.67 bits per heavy atom. The molecule has 0 amide bonds. The molecule has 2 rings (SSSR count). The standard InChI is InChI=1S/C9H14N6/c1-7-12-13-9(15(7)3)5-10-8-4-11-14(2)6-8/h4,6,10H,5H2,1-3H3. The normalized spacial score (nSPS) is 10.6. The van der Waals surface area contributed by atoms with Crippen LogP contribution in [0.25, 0.3) is 0 Å². The second-order valence-corrected chi connectivity index (χ2v) is 3.48. The van der Waals surface area contributed by atoms with Gasteiger partial charge in [-0.2, -0.15) is 5.10 Å². The van der Waals surface area contributed by atoms with Gasteiger partial charge in [-0.25, -0.2) is 0 Å². The minimum Gasteiger partial charge on any atom is -0.375 e. The molecule has 2 heterocycles. The molecule has 0 fully saturated rings. The van der Waals surface area contributed by atoms with Crippen molar-refractivity contribution in [1.82, 2.24) is 24.5 Å². The van der Waals surface area contributed by atoms with Crippen LogP contribution in [0.3, 0.4) is 0 Å². The molecule has 0 aliphatic heterocycles. The highest BCUT2D eigenvalue weighted by Gasteiger charge is 2.04. The van der Waals surface area contributed by atoms with E-state index in [0.29, 0.717) is 6.54 Å². The summed E-state index contributed by atoms with van der Waals surface area (Å²) in [5.74, 6) is 1.83. The fraction of sp³-hybridized carbons (Fsp3) is 0.444. The third kappa shape index (κ3) is 1.98. The molecule has 80 valence electrons. The Morgan fingerprint density at radius 1 is 1.33 bits per heavy atom. The first-order valence-corrected chi connectivity index (χ1v) is 4.74. The number of aromatic nitrogens is 5. The van der Waals surface area contributed by atoms with Crippen molar-refractivity contribution in [2.45, 2.75) is 13.5 Å². The van der Waals surface area contributed by atoms with Gasteiger partial charge in [0, 0.05) is 20.3 Å². The average Bonchev–Trinajstić information content (AvgIpc) is 2.74. The lowest BCUT2D eigenvalue weighted by Gasteiger charge is -2.02. The first kappa shape index (κ1) is 9.70.